The normalized spacial score (nSPS) is 11.3. The molecule has 0 saturated heterocycles. The van der Waals surface area contributed by atoms with Crippen LogP contribution in [0.1, 0.15) is 5.56 Å². The monoisotopic (exact) mass is 313 g/mol. The zero-order chi connectivity index (χ0) is 15.6. The Bertz CT molecular complexity index is 870. The first-order valence-corrected chi connectivity index (χ1v) is 8.21. The Kier molecular flexibility index (Phi) is 3.68. The Morgan fingerprint density at radius 3 is 2.50 bits per heavy atom. The molecule has 0 bridgehead atoms. The van der Waals surface area contributed by atoms with Crippen LogP contribution in [0.3, 0.4) is 0 Å². The molecule has 1 aromatic heterocycles. The average molecular weight is 313 g/mol. The fraction of sp³-hybridized carbons (Fsp3) is 0.0625. The van der Waals surface area contributed by atoms with Crippen LogP contribution in [-0.4, -0.2) is 18.4 Å². The first-order chi connectivity index (χ1) is 10.5. The van der Waals surface area contributed by atoms with E-state index in [0.717, 1.165) is 16.8 Å². The van der Waals surface area contributed by atoms with Gasteiger partial charge in [-0.15, -0.1) is 0 Å². The van der Waals surface area contributed by atoms with Gasteiger partial charge in [-0.2, -0.15) is 0 Å². The SMILES string of the molecule is Cc1cccc(S(=O)(=O)Nc2ccc(-c3cnc[nH]3)cc2)c1. The van der Waals surface area contributed by atoms with E-state index in [2.05, 4.69) is 14.7 Å². The van der Waals surface area contributed by atoms with Gasteiger partial charge in [0.25, 0.3) is 10.0 Å². The van der Waals surface area contributed by atoms with Crippen LogP contribution in [0.25, 0.3) is 11.3 Å². The van der Waals surface area contributed by atoms with Crippen LogP contribution in [0, 0.1) is 6.92 Å². The Balaban J connectivity index is 1.84. The molecule has 2 N–H and O–H groups in total. The first-order valence-electron chi connectivity index (χ1n) is 6.73. The van der Waals surface area contributed by atoms with Crippen molar-refractivity contribution in [2.75, 3.05) is 4.72 Å². The van der Waals surface area contributed by atoms with Gasteiger partial charge in [0.2, 0.25) is 0 Å². The van der Waals surface area contributed by atoms with Crippen molar-refractivity contribution in [2.24, 2.45) is 0 Å². The summed E-state index contributed by atoms with van der Waals surface area (Å²) in [7, 11) is -3.57. The zero-order valence-corrected chi connectivity index (χ0v) is 12.8. The van der Waals surface area contributed by atoms with Crippen molar-refractivity contribution >= 4 is 15.7 Å². The lowest BCUT2D eigenvalue weighted by atomic mass is 10.1. The average Bonchev–Trinajstić information content (AvgIpc) is 3.02. The van der Waals surface area contributed by atoms with E-state index in [9.17, 15) is 8.42 Å². The summed E-state index contributed by atoms with van der Waals surface area (Å²) in [6, 6.07) is 13.9. The fourth-order valence-electron chi connectivity index (χ4n) is 2.13. The van der Waals surface area contributed by atoms with Crippen molar-refractivity contribution in [3.05, 3.63) is 66.6 Å². The number of H-pyrrole nitrogens is 1. The van der Waals surface area contributed by atoms with Crippen LogP contribution in [0.5, 0.6) is 0 Å². The molecule has 0 aliphatic heterocycles. The molecular formula is C16H15N3O2S. The summed E-state index contributed by atoms with van der Waals surface area (Å²) in [5, 5.41) is 0. The molecule has 0 radical (unpaired) electrons. The number of aryl methyl sites for hydroxylation is 1. The number of rotatable bonds is 4. The molecule has 3 rings (SSSR count). The smallest absolute Gasteiger partial charge is 0.261 e. The van der Waals surface area contributed by atoms with Crippen molar-refractivity contribution in [2.45, 2.75) is 11.8 Å². The number of imidazole rings is 1. The van der Waals surface area contributed by atoms with E-state index < -0.39 is 10.0 Å². The minimum Gasteiger partial charge on any atom is -0.345 e. The van der Waals surface area contributed by atoms with Gasteiger partial charge in [0.05, 0.1) is 23.1 Å². The lowest BCUT2D eigenvalue weighted by molar-refractivity contribution is 0.601. The molecule has 5 nitrogen and oxygen atoms in total. The van der Waals surface area contributed by atoms with Crippen LogP contribution in [0.4, 0.5) is 5.69 Å². The topological polar surface area (TPSA) is 74.8 Å². The predicted molar refractivity (Wildman–Crippen MR) is 86.0 cm³/mol. The summed E-state index contributed by atoms with van der Waals surface area (Å²) in [5.41, 5.74) is 3.24. The van der Waals surface area contributed by atoms with Gasteiger partial charge in [0, 0.05) is 5.69 Å². The minimum absolute atomic E-state index is 0.255. The lowest BCUT2D eigenvalue weighted by Gasteiger charge is -2.09. The molecule has 112 valence electrons. The third-order valence-corrected chi connectivity index (χ3v) is 4.63. The quantitative estimate of drug-likeness (QED) is 0.777. The molecule has 0 spiro atoms. The molecule has 6 heteroatoms. The van der Waals surface area contributed by atoms with Gasteiger partial charge >= 0.3 is 0 Å². The molecule has 0 aliphatic rings. The van der Waals surface area contributed by atoms with Gasteiger partial charge in [-0.05, 0) is 42.3 Å². The second-order valence-corrected chi connectivity index (χ2v) is 6.65. The summed E-state index contributed by atoms with van der Waals surface area (Å²) >= 11 is 0. The Labute approximate surface area is 129 Å². The van der Waals surface area contributed by atoms with Crippen LogP contribution in [-0.2, 0) is 10.0 Å². The van der Waals surface area contributed by atoms with E-state index in [-0.39, 0.29) is 4.90 Å². The number of nitrogens with one attached hydrogen (secondary N) is 2. The second-order valence-electron chi connectivity index (χ2n) is 4.96. The maximum atomic E-state index is 12.3. The van der Waals surface area contributed by atoms with E-state index >= 15 is 0 Å². The van der Waals surface area contributed by atoms with E-state index in [0.29, 0.717) is 5.69 Å². The van der Waals surface area contributed by atoms with Crippen molar-refractivity contribution in [1.82, 2.24) is 9.97 Å². The van der Waals surface area contributed by atoms with Crippen molar-refractivity contribution < 1.29 is 8.42 Å². The number of aromatic amines is 1. The molecule has 0 saturated carbocycles. The molecule has 1 heterocycles. The van der Waals surface area contributed by atoms with Gasteiger partial charge in [-0.25, -0.2) is 13.4 Å². The van der Waals surface area contributed by atoms with Crippen molar-refractivity contribution in [1.29, 1.82) is 0 Å². The number of sulfonamides is 1. The lowest BCUT2D eigenvalue weighted by Crippen LogP contribution is -2.12. The molecule has 2 aromatic carbocycles. The fourth-order valence-corrected chi connectivity index (χ4v) is 3.29. The number of benzene rings is 2. The Hall–Kier alpha value is -2.60. The number of nitrogens with zero attached hydrogens (tertiary/aromatic N) is 1. The molecule has 0 aliphatic carbocycles. The van der Waals surface area contributed by atoms with Crippen LogP contribution in [0.15, 0.2) is 66.0 Å². The number of aromatic nitrogens is 2. The van der Waals surface area contributed by atoms with Crippen LogP contribution in [0.2, 0.25) is 0 Å². The highest BCUT2D eigenvalue weighted by atomic mass is 32.2. The first kappa shape index (κ1) is 14.3. The molecule has 3 aromatic rings. The number of anilines is 1. The van der Waals surface area contributed by atoms with Gasteiger partial charge in [-0.1, -0.05) is 24.3 Å². The molecule has 22 heavy (non-hydrogen) atoms. The zero-order valence-electron chi connectivity index (χ0n) is 11.9. The second kappa shape index (κ2) is 5.65. The standard InChI is InChI=1S/C16H15N3O2S/c1-12-3-2-4-15(9-12)22(20,21)19-14-7-5-13(6-8-14)16-10-17-11-18-16/h2-11,19H,1H3,(H,17,18). The Morgan fingerprint density at radius 2 is 1.86 bits per heavy atom. The maximum absolute atomic E-state index is 12.3. The van der Waals surface area contributed by atoms with Crippen LogP contribution < -0.4 is 4.72 Å². The summed E-state index contributed by atoms with van der Waals surface area (Å²) in [5.74, 6) is 0. The van der Waals surface area contributed by atoms with Crippen molar-refractivity contribution in [3.8, 4) is 11.3 Å². The van der Waals surface area contributed by atoms with E-state index in [1.807, 2.05) is 25.1 Å². The predicted octanol–water partition coefficient (Wildman–Crippen LogP) is 3.19. The maximum Gasteiger partial charge on any atom is 0.261 e. The van der Waals surface area contributed by atoms with Crippen LogP contribution >= 0.6 is 0 Å². The van der Waals surface area contributed by atoms with Gasteiger partial charge in [-0.3, -0.25) is 4.72 Å². The largest absolute Gasteiger partial charge is 0.345 e. The summed E-state index contributed by atoms with van der Waals surface area (Å²) in [4.78, 5) is 7.22. The minimum atomic E-state index is -3.57. The third-order valence-electron chi connectivity index (χ3n) is 3.25. The highest BCUT2D eigenvalue weighted by molar-refractivity contribution is 7.92. The summed E-state index contributed by atoms with van der Waals surface area (Å²) in [6.07, 6.45) is 3.32. The van der Waals surface area contributed by atoms with Gasteiger partial charge < -0.3 is 4.98 Å². The van der Waals surface area contributed by atoms with Gasteiger partial charge in [0.1, 0.15) is 0 Å². The number of hydrogen-bond acceptors (Lipinski definition) is 3. The number of hydrogen-bond donors (Lipinski definition) is 2. The molecule has 0 unspecified atom stereocenters. The van der Waals surface area contributed by atoms with Gasteiger partial charge in [0.15, 0.2) is 0 Å². The molecule has 0 amide bonds. The summed E-state index contributed by atoms with van der Waals surface area (Å²) < 4.78 is 27.3. The Morgan fingerprint density at radius 1 is 1.09 bits per heavy atom. The van der Waals surface area contributed by atoms with E-state index in [1.54, 1.807) is 42.9 Å². The molecular weight excluding hydrogens is 298 g/mol. The van der Waals surface area contributed by atoms with E-state index in [4.69, 9.17) is 0 Å². The molecule has 0 atom stereocenters. The highest BCUT2D eigenvalue weighted by Gasteiger charge is 2.14. The third kappa shape index (κ3) is 3.01. The molecule has 0 fully saturated rings. The summed E-state index contributed by atoms with van der Waals surface area (Å²) in [6.45, 7) is 1.86. The van der Waals surface area contributed by atoms with E-state index in [1.165, 1.54) is 0 Å². The van der Waals surface area contributed by atoms with Crippen molar-refractivity contribution in [3.63, 3.8) is 0 Å². The highest BCUT2D eigenvalue weighted by Crippen LogP contribution is 2.21.